The molecule has 1 rings (SSSR count). The van der Waals surface area contributed by atoms with Gasteiger partial charge in [-0.3, -0.25) is 9.69 Å². The van der Waals surface area contributed by atoms with Gasteiger partial charge in [0.25, 0.3) is 6.43 Å². The first-order valence-corrected chi connectivity index (χ1v) is 6.06. The molecule has 1 aromatic carbocycles. The number of halogens is 4. The molecule has 1 aromatic rings. The van der Waals surface area contributed by atoms with E-state index in [9.17, 15) is 13.6 Å². The summed E-state index contributed by atoms with van der Waals surface area (Å²) in [6, 6.07) is 2.86. The van der Waals surface area contributed by atoms with Crippen molar-refractivity contribution in [1.82, 2.24) is 4.90 Å². The van der Waals surface area contributed by atoms with Gasteiger partial charge < -0.3 is 11.1 Å². The summed E-state index contributed by atoms with van der Waals surface area (Å²) in [7, 11) is 1.42. The Hall–Kier alpha value is -1.11. The van der Waals surface area contributed by atoms with E-state index < -0.39 is 18.9 Å². The molecule has 4 nitrogen and oxygen atoms in total. The second-order valence-corrected chi connectivity index (χ2v) is 4.83. The predicted octanol–water partition coefficient (Wildman–Crippen LogP) is 2.71. The molecule has 0 saturated carbocycles. The second kappa shape index (κ2) is 6.88. The van der Waals surface area contributed by atoms with E-state index in [-0.39, 0.29) is 22.9 Å². The Bertz CT molecular complexity index is 448. The maximum atomic E-state index is 12.1. The number of carbonyl (C=O) groups excluding carboxylic acids is 1. The third kappa shape index (κ3) is 5.18. The van der Waals surface area contributed by atoms with Crippen LogP contribution in [0.5, 0.6) is 0 Å². The van der Waals surface area contributed by atoms with Crippen LogP contribution < -0.4 is 11.1 Å². The molecule has 0 aliphatic rings. The lowest BCUT2D eigenvalue weighted by Gasteiger charge is -2.16. The van der Waals surface area contributed by atoms with Crippen molar-refractivity contribution in [2.45, 2.75) is 6.43 Å². The smallest absolute Gasteiger partial charge is 0.251 e. The fourth-order valence-corrected chi connectivity index (χ4v) is 2.01. The summed E-state index contributed by atoms with van der Waals surface area (Å²) in [4.78, 5) is 12.8. The SMILES string of the molecule is CN(CC(=O)Nc1c(N)cc(Cl)cc1Cl)CC(F)F. The Labute approximate surface area is 119 Å². The number of likely N-dealkylation sites (N-methyl/N-ethyl adjacent to an activating group) is 1. The van der Waals surface area contributed by atoms with Crippen molar-refractivity contribution in [1.29, 1.82) is 0 Å². The highest BCUT2D eigenvalue weighted by molar-refractivity contribution is 6.37. The van der Waals surface area contributed by atoms with E-state index in [1.54, 1.807) is 0 Å². The van der Waals surface area contributed by atoms with Crippen molar-refractivity contribution in [2.75, 3.05) is 31.2 Å². The minimum Gasteiger partial charge on any atom is -0.397 e. The molecule has 0 heterocycles. The van der Waals surface area contributed by atoms with Gasteiger partial charge in [-0.15, -0.1) is 0 Å². The van der Waals surface area contributed by atoms with Gasteiger partial charge in [0, 0.05) is 5.02 Å². The summed E-state index contributed by atoms with van der Waals surface area (Å²) in [5, 5.41) is 3.00. The highest BCUT2D eigenvalue weighted by Gasteiger charge is 2.14. The van der Waals surface area contributed by atoms with Gasteiger partial charge in [-0.2, -0.15) is 0 Å². The van der Waals surface area contributed by atoms with Crippen molar-refractivity contribution >= 4 is 40.5 Å². The number of nitrogens with one attached hydrogen (secondary N) is 1. The van der Waals surface area contributed by atoms with Crippen LogP contribution in [0, 0.1) is 0 Å². The summed E-state index contributed by atoms with van der Waals surface area (Å²) in [5.41, 5.74) is 6.10. The first kappa shape index (κ1) is 15.9. The largest absolute Gasteiger partial charge is 0.397 e. The number of nitrogens with two attached hydrogens (primary N) is 1. The number of benzene rings is 1. The predicted molar refractivity (Wildman–Crippen MR) is 73.0 cm³/mol. The minimum absolute atomic E-state index is 0.190. The van der Waals surface area contributed by atoms with Gasteiger partial charge in [0.05, 0.1) is 29.5 Å². The van der Waals surface area contributed by atoms with E-state index in [2.05, 4.69) is 5.32 Å². The molecular weight excluding hydrogens is 299 g/mol. The van der Waals surface area contributed by atoms with Crippen LogP contribution in [-0.2, 0) is 4.79 Å². The molecule has 0 aliphatic heterocycles. The van der Waals surface area contributed by atoms with Gasteiger partial charge in [-0.25, -0.2) is 8.78 Å². The minimum atomic E-state index is -2.50. The molecule has 0 spiro atoms. The summed E-state index contributed by atoms with van der Waals surface area (Å²) in [5.74, 6) is -0.487. The molecule has 0 aliphatic carbocycles. The quantitative estimate of drug-likeness (QED) is 0.822. The molecule has 0 atom stereocenters. The van der Waals surface area contributed by atoms with E-state index in [1.165, 1.54) is 24.1 Å². The maximum absolute atomic E-state index is 12.1. The number of hydrogen-bond donors (Lipinski definition) is 2. The van der Waals surface area contributed by atoms with Crippen molar-refractivity contribution < 1.29 is 13.6 Å². The van der Waals surface area contributed by atoms with Crippen LogP contribution in [0.2, 0.25) is 10.0 Å². The van der Waals surface area contributed by atoms with Gasteiger partial charge in [0.15, 0.2) is 0 Å². The molecule has 0 saturated heterocycles. The van der Waals surface area contributed by atoms with E-state index in [0.717, 1.165) is 0 Å². The molecule has 106 valence electrons. The fourth-order valence-electron chi connectivity index (χ4n) is 1.45. The molecule has 1 amide bonds. The van der Waals surface area contributed by atoms with Crippen molar-refractivity contribution in [2.24, 2.45) is 0 Å². The normalized spacial score (nSPS) is 11.1. The molecule has 0 unspecified atom stereocenters. The molecule has 3 N–H and O–H groups in total. The number of hydrogen-bond acceptors (Lipinski definition) is 3. The highest BCUT2D eigenvalue weighted by Crippen LogP contribution is 2.31. The lowest BCUT2D eigenvalue weighted by Crippen LogP contribution is -2.33. The van der Waals surface area contributed by atoms with Gasteiger partial charge in [-0.1, -0.05) is 23.2 Å². The number of carbonyl (C=O) groups is 1. The van der Waals surface area contributed by atoms with Crippen LogP contribution in [0.4, 0.5) is 20.2 Å². The topological polar surface area (TPSA) is 58.4 Å². The average molecular weight is 312 g/mol. The van der Waals surface area contributed by atoms with Crippen molar-refractivity contribution in [3.05, 3.63) is 22.2 Å². The summed E-state index contributed by atoms with van der Waals surface area (Å²) in [6.07, 6.45) is -2.50. The van der Waals surface area contributed by atoms with E-state index >= 15 is 0 Å². The fraction of sp³-hybridized carbons (Fsp3) is 0.364. The molecule has 8 heteroatoms. The summed E-state index contributed by atoms with van der Waals surface area (Å²) >= 11 is 11.6. The van der Waals surface area contributed by atoms with E-state index in [1.807, 2.05) is 0 Å². The van der Waals surface area contributed by atoms with E-state index in [4.69, 9.17) is 28.9 Å². The number of anilines is 2. The number of amides is 1. The Morgan fingerprint density at radius 2 is 2.11 bits per heavy atom. The highest BCUT2D eigenvalue weighted by atomic mass is 35.5. The Balaban J connectivity index is 2.67. The molecule has 0 fully saturated rings. The zero-order chi connectivity index (χ0) is 14.6. The third-order valence-electron chi connectivity index (χ3n) is 2.21. The molecule has 0 radical (unpaired) electrons. The zero-order valence-corrected chi connectivity index (χ0v) is 11.6. The Kier molecular flexibility index (Phi) is 5.78. The van der Waals surface area contributed by atoms with Crippen molar-refractivity contribution in [3.63, 3.8) is 0 Å². The lowest BCUT2D eigenvalue weighted by molar-refractivity contribution is -0.117. The van der Waals surface area contributed by atoms with Gasteiger partial charge in [-0.05, 0) is 19.2 Å². The van der Waals surface area contributed by atoms with Crippen LogP contribution in [-0.4, -0.2) is 37.4 Å². The van der Waals surface area contributed by atoms with Crippen LogP contribution in [0.3, 0.4) is 0 Å². The first-order valence-electron chi connectivity index (χ1n) is 5.30. The zero-order valence-electron chi connectivity index (χ0n) is 10.1. The first-order chi connectivity index (χ1) is 8.79. The van der Waals surface area contributed by atoms with Crippen LogP contribution >= 0.6 is 23.2 Å². The van der Waals surface area contributed by atoms with E-state index in [0.29, 0.717) is 5.02 Å². The van der Waals surface area contributed by atoms with Crippen LogP contribution in [0.15, 0.2) is 12.1 Å². The molecule has 0 aromatic heterocycles. The second-order valence-electron chi connectivity index (χ2n) is 3.99. The van der Waals surface area contributed by atoms with Gasteiger partial charge >= 0.3 is 0 Å². The summed E-state index contributed by atoms with van der Waals surface area (Å²) in [6.45, 7) is -0.681. The number of nitrogens with zero attached hydrogens (tertiary/aromatic N) is 1. The van der Waals surface area contributed by atoms with Gasteiger partial charge in [0.2, 0.25) is 5.91 Å². The third-order valence-corrected chi connectivity index (χ3v) is 2.73. The Morgan fingerprint density at radius 1 is 1.47 bits per heavy atom. The monoisotopic (exact) mass is 311 g/mol. The van der Waals surface area contributed by atoms with Crippen molar-refractivity contribution in [3.8, 4) is 0 Å². The number of alkyl halides is 2. The number of rotatable bonds is 5. The molecule has 19 heavy (non-hydrogen) atoms. The Morgan fingerprint density at radius 3 is 2.63 bits per heavy atom. The lowest BCUT2D eigenvalue weighted by atomic mass is 10.2. The standard InChI is InChI=1S/C11H13Cl2F2N3O/c1-18(4-9(14)15)5-10(19)17-11-7(13)2-6(12)3-8(11)16/h2-3,9H,4-5,16H2,1H3,(H,17,19). The summed E-state index contributed by atoms with van der Waals surface area (Å²) < 4.78 is 24.2. The molecule has 0 bridgehead atoms. The van der Waals surface area contributed by atoms with Gasteiger partial charge in [0.1, 0.15) is 0 Å². The van der Waals surface area contributed by atoms with Crippen LogP contribution in [0.25, 0.3) is 0 Å². The van der Waals surface area contributed by atoms with Crippen LogP contribution in [0.1, 0.15) is 0 Å². The molecular formula is C11H13Cl2F2N3O. The average Bonchev–Trinajstić information content (AvgIpc) is 2.21. The maximum Gasteiger partial charge on any atom is 0.251 e. The number of nitrogen functional groups attached to an aromatic ring is 1.